The second-order valence-electron chi connectivity index (χ2n) is 8.73. The molecule has 2 heterocycles. The number of fused-ring (bicyclic) bond motifs is 1. The summed E-state index contributed by atoms with van der Waals surface area (Å²) >= 11 is 1.47. The van der Waals surface area contributed by atoms with Crippen LogP contribution >= 0.6 is 11.3 Å². The van der Waals surface area contributed by atoms with Crippen molar-refractivity contribution in [2.75, 3.05) is 11.9 Å². The zero-order valence-corrected chi connectivity index (χ0v) is 20.9. The molecule has 2 aromatic carbocycles. The predicted molar refractivity (Wildman–Crippen MR) is 134 cm³/mol. The third kappa shape index (κ3) is 5.22. The Bertz CT molecular complexity index is 1320. The summed E-state index contributed by atoms with van der Waals surface area (Å²) in [7, 11) is -3.35. The van der Waals surface area contributed by atoms with E-state index >= 15 is 0 Å². The van der Waals surface area contributed by atoms with E-state index in [-0.39, 0.29) is 17.2 Å². The number of nitrogens with one attached hydrogen (secondary N) is 1. The van der Waals surface area contributed by atoms with Crippen molar-refractivity contribution in [1.82, 2.24) is 4.90 Å². The van der Waals surface area contributed by atoms with Gasteiger partial charge in [-0.15, -0.1) is 11.3 Å². The van der Waals surface area contributed by atoms with Gasteiger partial charge in [-0.1, -0.05) is 42.5 Å². The van der Waals surface area contributed by atoms with Crippen LogP contribution in [0.5, 0.6) is 0 Å². The van der Waals surface area contributed by atoms with Crippen LogP contribution in [0, 0.1) is 11.3 Å². The zero-order valence-electron chi connectivity index (χ0n) is 19.2. The largest absolute Gasteiger partial charge is 0.316 e. The number of amides is 1. The summed E-state index contributed by atoms with van der Waals surface area (Å²) in [6.45, 7) is 5.76. The summed E-state index contributed by atoms with van der Waals surface area (Å²) in [5.41, 5.74) is 3.57. The standard InChI is InChI=1S/C26H27N3O3S2/c1-18(2)34(31,32)21-10-8-19(9-11-21)14-25(30)28-26-23(15-27)22-12-13-29(17-24(22)33-26)16-20-6-4-3-5-7-20/h3-11,18H,12-14,16-17H2,1-2H3,(H,28,30). The van der Waals surface area contributed by atoms with Crippen molar-refractivity contribution in [2.45, 2.75) is 49.9 Å². The Morgan fingerprint density at radius 3 is 2.47 bits per heavy atom. The molecule has 1 N–H and O–H groups in total. The smallest absolute Gasteiger partial charge is 0.229 e. The van der Waals surface area contributed by atoms with Gasteiger partial charge in [-0.25, -0.2) is 8.42 Å². The molecule has 0 unspecified atom stereocenters. The van der Waals surface area contributed by atoms with Gasteiger partial charge in [0.05, 0.1) is 22.1 Å². The van der Waals surface area contributed by atoms with Gasteiger partial charge < -0.3 is 5.32 Å². The average Bonchev–Trinajstić information content (AvgIpc) is 3.15. The lowest BCUT2D eigenvalue weighted by Crippen LogP contribution is -2.29. The number of carbonyl (C=O) groups is 1. The molecule has 4 rings (SSSR count). The molecule has 1 amide bonds. The molecule has 0 saturated heterocycles. The van der Waals surface area contributed by atoms with Crippen LogP contribution in [-0.2, 0) is 40.6 Å². The van der Waals surface area contributed by atoms with Gasteiger partial charge in [0, 0.05) is 24.5 Å². The molecule has 1 aromatic heterocycles. The van der Waals surface area contributed by atoms with Crippen molar-refractivity contribution in [3.05, 3.63) is 81.7 Å². The number of sulfone groups is 1. The summed E-state index contributed by atoms with van der Waals surface area (Å²) in [5, 5.41) is 12.8. The number of hydrogen-bond donors (Lipinski definition) is 1. The van der Waals surface area contributed by atoms with E-state index in [2.05, 4.69) is 28.4 Å². The van der Waals surface area contributed by atoms with Crippen molar-refractivity contribution >= 4 is 32.1 Å². The van der Waals surface area contributed by atoms with Crippen LogP contribution in [0.3, 0.4) is 0 Å². The number of rotatable bonds is 7. The maximum absolute atomic E-state index is 12.7. The maximum Gasteiger partial charge on any atom is 0.229 e. The van der Waals surface area contributed by atoms with Crippen LogP contribution in [0.2, 0.25) is 0 Å². The van der Waals surface area contributed by atoms with Crippen LogP contribution in [0.4, 0.5) is 5.00 Å². The lowest BCUT2D eigenvalue weighted by atomic mass is 10.0. The fraction of sp³-hybridized carbons (Fsp3) is 0.308. The molecule has 0 atom stereocenters. The van der Waals surface area contributed by atoms with Crippen molar-refractivity contribution < 1.29 is 13.2 Å². The van der Waals surface area contributed by atoms with Gasteiger partial charge in [0.25, 0.3) is 0 Å². The highest BCUT2D eigenvalue weighted by atomic mass is 32.2. The molecule has 34 heavy (non-hydrogen) atoms. The van der Waals surface area contributed by atoms with Gasteiger partial charge in [-0.2, -0.15) is 5.26 Å². The van der Waals surface area contributed by atoms with Gasteiger partial charge in [-0.3, -0.25) is 9.69 Å². The fourth-order valence-electron chi connectivity index (χ4n) is 4.06. The summed E-state index contributed by atoms with van der Waals surface area (Å²) in [4.78, 5) is 16.4. The van der Waals surface area contributed by atoms with Crippen LogP contribution in [0.1, 0.15) is 41.0 Å². The Morgan fingerprint density at radius 1 is 1.12 bits per heavy atom. The van der Waals surface area contributed by atoms with Crippen LogP contribution in [0.25, 0.3) is 0 Å². The summed E-state index contributed by atoms with van der Waals surface area (Å²) in [6, 6.07) is 19.0. The summed E-state index contributed by atoms with van der Waals surface area (Å²) < 4.78 is 24.6. The van der Waals surface area contributed by atoms with Crippen molar-refractivity contribution in [2.24, 2.45) is 0 Å². The monoisotopic (exact) mass is 493 g/mol. The highest BCUT2D eigenvalue weighted by Crippen LogP contribution is 2.37. The number of thiophene rings is 1. The molecule has 1 aliphatic rings. The van der Waals surface area contributed by atoms with E-state index in [0.29, 0.717) is 16.1 Å². The number of hydrogen-bond acceptors (Lipinski definition) is 6. The van der Waals surface area contributed by atoms with E-state index < -0.39 is 15.1 Å². The Kier molecular flexibility index (Phi) is 7.17. The SMILES string of the molecule is CC(C)S(=O)(=O)c1ccc(CC(=O)Nc2sc3c(c2C#N)CCN(Cc2ccccc2)C3)cc1. The van der Waals surface area contributed by atoms with E-state index in [0.717, 1.165) is 36.5 Å². The minimum absolute atomic E-state index is 0.107. The quantitative estimate of drug-likeness (QED) is 0.522. The van der Waals surface area contributed by atoms with Gasteiger partial charge in [0.15, 0.2) is 9.84 Å². The van der Waals surface area contributed by atoms with Gasteiger partial charge in [0.2, 0.25) is 5.91 Å². The second kappa shape index (κ2) is 10.1. The Morgan fingerprint density at radius 2 is 1.82 bits per heavy atom. The van der Waals surface area contributed by atoms with Crippen LogP contribution < -0.4 is 5.32 Å². The van der Waals surface area contributed by atoms with E-state index in [1.165, 1.54) is 16.9 Å². The molecule has 3 aromatic rings. The fourth-order valence-corrected chi connectivity index (χ4v) is 6.38. The highest BCUT2D eigenvalue weighted by molar-refractivity contribution is 7.92. The first-order valence-corrected chi connectivity index (χ1v) is 13.6. The molecule has 0 fully saturated rings. The molecule has 8 heteroatoms. The van der Waals surface area contributed by atoms with E-state index in [9.17, 15) is 18.5 Å². The third-order valence-electron chi connectivity index (χ3n) is 5.99. The maximum atomic E-state index is 12.7. The van der Waals surface area contributed by atoms with Crippen molar-refractivity contribution in [3.63, 3.8) is 0 Å². The minimum Gasteiger partial charge on any atom is -0.316 e. The highest BCUT2D eigenvalue weighted by Gasteiger charge is 2.25. The van der Waals surface area contributed by atoms with E-state index in [1.54, 1.807) is 38.1 Å². The molecule has 0 radical (unpaired) electrons. The number of nitrogens with zero attached hydrogens (tertiary/aromatic N) is 2. The predicted octanol–water partition coefficient (Wildman–Crippen LogP) is 4.54. The van der Waals surface area contributed by atoms with E-state index in [1.807, 2.05) is 18.2 Å². The molecule has 6 nitrogen and oxygen atoms in total. The Balaban J connectivity index is 1.43. The first-order valence-electron chi connectivity index (χ1n) is 11.2. The van der Waals surface area contributed by atoms with E-state index in [4.69, 9.17) is 0 Å². The van der Waals surface area contributed by atoms with Crippen molar-refractivity contribution in [1.29, 1.82) is 5.26 Å². The molecule has 1 aliphatic heterocycles. The van der Waals surface area contributed by atoms with Gasteiger partial charge >= 0.3 is 0 Å². The van der Waals surface area contributed by atoms with Gasteiger partial charge in [-0.05, 0) is 49.1 Å². The minimum atomic E-state index is -3.35. The first-order chi connectivity index (χ1) is 16.3. The molecule has 0 bridgehead atoms. The van der Waals surface area contributed by atoms with Crippen molar-refractivity contribution in [3.8, 4) is 6.07 Å². The molecular weight excluding hydrogens is 466 g/mol. The van der Waals surface area contributed by atoms with Crippen LogP contribution in [0.15, 0.2) is 59.5 Å². The first kappa shape index (κ1) is 24.1. The molecular formula is C26H27N3O3S2. The average molecular weight is 494 g/mol. The molecule has 176 valence electrons. The molecule has 0 saturated carbocycles. The third-order valence-corrected chi connectivity index (χ3v) is 9.29. The number of nitriles is 1. The Hall–Kier alpha value is -2.99. The van der Waals surface area contributed by atoms with Gasteiger partial charge in [0.1, 0.15) is 11.1 Å². The number of carbonyl (C=O) groups excluding carboxylic acids is 1. The topological polar surface area (TPSA) is 90.3 Å². The lowest BCUT2D eigenvalue weighted by Gasteiger charge is -2.26. The van der Waals surface area contributed by atoms with Crippen LogP contribution in [-0.4, -0.2) is 31.0 Å². The Labute approximate surface area is 204 Å². The second-order valence-corrected chi connectivity index (χ2v) is 12.3. The zero-order chi connectivity index (χ0) is 24.3. The summed E-state index contributed by atoms with van der Waals surface area (Å²) in [6.07, 6.45) is 0.888. The molecule has 0 spiro atoms. The molecule has 0 aliphatic carbocycles. The summed E-state index contributed by atoms with van der Waals surface area (Å²) in [5.74, 6) is -0.226. The number of benzene rings is 2. The normalized spacial score (nSPS) is 13.9. The number of anilines is 1. The lowest BCUT2D eigenvalue weighted by molar-refractivity contribution is -0.115.